The average molecular weight is 663 g/mol. The van der Waals surface area contributed by atoms with Crippen LogP contribution in [-0.2, 0) is 42.9 Å². The molecule has 2 aromatic carbocycles. The van der Waals surface area contributed by atoms with Crippen LogP contribution in [-0.4, -0.2) is 68.3 Å². The number of carbonyl (C=O) groups is 4. The normalized spacial score (nSPS) is 20.5. The van der Waals surface area contributed by atoms with Crippen molar-refractivity contribution in [3.05, 3.63) is 70.4 Å². The fourth-order valence-corrected chi connectivity index (χ4v) is 5.68. The van der Waals surface area contributed by atoms with Crippen LogP contribution in [0.25, 0.3) is 33.4 Å². The first kappa shape index (κ1) is 33.9. The molecule has 0 amide bonds. The topological polar surface area (TPSA) is 163 Å². The average Bonchev–Trinajstić information content (AvgIpc) is 3.01. The molecule has 13 nitrogen and oxygen atoms in total. The molecule has 0 bridgehead atoms. The highest BCUT2D eigenvalue weighted by Crippen LogP contribution is 2.43. The van der Waals surface area contributed by atoms with E-state index in [4.69, 9.17) is 37.6 Å². The van der Waals surface area contributed by atoms with Crippen molar-refractivity contribution >= 4 is 34.8 Å². The Morgan fingerprint density at radius 2 is 1.38 bits per heavy atom. The Morgan fingerprint density at radius 1 is 0.729 bits per heavy atom. The highest BCUT2D eigenvalue weighted by atomic mass is 16.7. The molecule has 0 saturated carbocycles. The number of ether oxygens (including phenoxy) is 7. The minimum absolute atomic E-state index is 0.183. The number of carbonyl (C=O) groups excluding carboxylic acids is 4. The predicted molar refractivity (Wildman–Crippen MR) is 168 cm³/mol. The van der Waals surface area contributed by atoms with Gasteiger partial charge < -0.3 is 37.6 Å². The van der Waals surface area contributed by atoms with Crippen molar-refractivity contribution in [3.63, 3.8) is 0 Å². The number of benzene rings is 3. The molecule has 0 spiro atoms. The Balaban J connectivity index is 1.61. The zero-order valence-electron chi connectivity index (χ0n) is 27.1. The van der Waals surface area contributed by atoms with Crippen LogP contribution in [0.1, 0.15) is 33.3 Å². The second kappa shape index (κ2) is 14.1. The van der Waals surface area contributed by atoms with Crippen LogP contribution >= 0.6 is 0 Å². The fourth-order valence-electron chi connectivity index (χ4n) is 5.68. The number of aryl methyl sites for hydroxylation is 1. The van der Waals surface area contributed by atoms with E-state index < -0.39 is 61.2 Å². The Morgan fingerprint density at radius 3 is 2.02 bits per heavy atom. The summed E-state index contributed by atoms with van der Waals surface area (Å²) in [6, 6.07) is 15.2. The van der Waals surface area contributed by atoms with Crippen molar-refractivity contribution in [1.29, 1.82) is 0 Å². The van der Waals surface area contributed by atoms with Gasteiger partial charge in [0.2, 0.25) is 12.4 Å². The lowest BCUT2D eigenvalue weighted by Crippen LogP contribution is -2.63. The van der Waals surface area contributed by atoms with Crippen molar-refractivity contribution in [2.45, 2.75) is 65.3 Å². The number of hydrogen-bond donors (Lipinski definition) is 0. The summed E-state index contributed by atoms with van der Waals surface area (Å²) in [5.74, 6) is -1.71. The summed E-state index contributed by atoms with van der Waals surface area (Å²) in [5, 5.41) is 0.698. The van der Waals surface area contributed by atoms with E-state index in [-0.39, 0.29) is 11.2 Å². The third-order valence-electron chi connectivity index (χ3n) is 7.57. The molecule has 1 aliphatic carbocycles. The number of rotatable bonds is 9. The van der Waals surface area contributed by atoms with Gasteiger partial charge >= 0.3 is 23.9 Å². The Hall–Kier alpha value is -5.43. The molecule has 0 N–H and O–H groups in total. The summed E-state index contributed by atoms with van der Waals surface area (Å²) in [5.41, 5.74) is 3.43. The van der Waals surface area contributed by atoms with Gasteiger partial charge in [0.05, 0.1) is 7.11 Å². The van der Waals surface area contributed by atoms with E-state index in [1.807, 2.05) is 25.1 Å². The fraction of sp³-hybridized carbons (Fsp3) is 0.343. The largest absolute Gasteiger partial charge is 0.497 e. The van der Waals surface area contributed by atoms with Crippen LogP contribution in [0.3, 0.4) is 0 Å². The molecular formula is C35H34O13. The van der Waals surface area contributed by atoms with E-state index in [0.29, 0.717) is 28.0 Å². The highest BCUT2D eigenvalue weighted by molar-refractivity contribution is 6.02. The number of methoxy groups -OCH3 is 1. The maximum Gasteiger partial charge on any atom is 0.303 e. The molecule has 5 atom stereocenters. The van der Waals surface area contributed by atoms with Crippen molar-refractivity contribution in [1.82, 2.24) is 0 Å². The first-order valence-electron chi connectivity index (χ1n) is 15.0. The lowest BCUT2D eigenvalue weighted by Gasteiger charge is -2.43. The lowest BCUT2D eigenvalue weighted by molar-refractivity contribution is -0.288. The molecule has 0 aromatic heterocycles. The third kappa shape index (κ3) is 7.41. The van der Waals surface area contributed by atoms with Crippen LogP contribution in [0.5, 0.6) is 11.5 Å². The zero-order chi connectivity index (χ0) is 34.7. The molecule has 1 saturated heterocycles. The maximum atomic E-state index is 12.3. The van der Waals surface area contributed by atoms with Gasteiger partial charge in [0.15, 0.2) is 17.6 Å². The summed E-state index contributed by atoms with van der Waals surface area (Å²) >= 11 is 0. The van der Waals surface area contributed by atoms with E-state index in [1.165, 1.54) is 19.1 Å². The van der Waals surface area contributed by atoms with Crippen LogP contribution in [0.2, 0.25) is 0 Å². The molecule has 3 aliphatic rings. The summed E-state index contributed by atoms with van der Waals surface area (Å²) in [6.45, 7) is 6.13. The van der Waals surface area contributed by atoms with Gasteiger partial charge in [0.1, 0.15) is 35.6 Å². The second-order valence-electron chi connectivity index (χ2n) is 11.2. The maximum absolute atomic E-state index is 12.3. The van der Waals surface area contributed by atoms with Crippen molar-refractivity contribution in [3.8, 4) is 33.9 Å². The minimum Gasteiger partial charge on any atom is -0.497 e. The van der Waals surface area contributed by atoms with E-state index in [9.17, 15) is 24.0 Å². The predicted octanol–water partition coefficient (Wildman–Crippen LogP) is 4.34. The summed E-state index contributed by atoms with van der Waals surface area (Å²) in [4.78, 5) is 60.5. The summed E-state index contributed by atoms with van der Waals surface area (Å²) < 4.78 is 45.4. The van der Waals surface area contributed by atoms with Gasteiger partial charge in [-0.1, -0.05) is 6.07 Å². The van der Waals surface area contributed by atoms with Gasteiger partial charge in [0, 0.05) is 56.3 Å². The second-order valence-corrected chi connectivity index (χ2v) is 11.2. The van der Waals surface area contributed by atoms with Crippen LogP contribution in [0, 0.1) is 6.92 Å². The Labute approximate surface area is 274 Å². The molecular weight excluding hydrogens is 628 g/mol. The van der Waals surface area contributed by atoms with Gasteiger partial charge in [-0.15, -0.1) is 0 Å². The van der Waals surface area contributed by atoms with E-state index >= 15 is 0 Å². The number of fused-ring (bicyclic) bond motifs is 2. The molecule has 5 rings (SSSR count). The molecule has 13 heteroatoms. The molecule has 48 heavy (non-hydrogen) atoms. The van der Waals surface area contributed by atoms with Crippen LogP contribution in [0.4, 0.5) is 0 Å². The van der Waals surface area contributed by atoms with Gasteiger partial charge in [0.25, 0.3) is 0 Å². The molecule has 1 fully saturated rings. The Bertz CT molecular complexity index is 1890. The minimum atomic E-state index is -1.44. The van der Waals surface area contributed by atoms with Gasteiger partial charge in [-0.25, -0.2) is 0 Å². The molecule has 2 unspecified atom stereocenters. The SMILES string of the molecule is COc1ccc(-c2c3ccc(=O)cc-3oc3cc(O[C@@H]4OC(COC(C)=O)[C@H](OC(C)=O)[C@@H](OC(C)=O)C4OC(C)=O)ccc23)c(C)c1. The quantitative estimate of drug-likeness (QED) is 0.141. The smallest absolute Gasteiger partial charge is 0.303 e. The van der Waals surface area contributed by atoms with Gasteiger partial charge in [-0.2, -0.15) is 0 Å². The summed E-state index contributed by atoms with van der Waals surface area (Å²) in [7, 11) is 1.59. The van der Waals surface area contributed by atoms with E-state index in [2.05, 4.69) is 0 Å². The lowest BCUT2D eigenvalue weighted by atomic mass is 9.91. The molecule has 252 valence electrons. The van der Waals surface area contributed by atoms with Crippen molar-refractivity contribution in [2.75, 3.05) is 13.7 Å². The number of hydrogen-bond acceptors (Lipinski definition) is 13. The molecule has 2 aliphatic heterocycles. The van der Waals surface area contributed by atoms with Crippen LogP contribution < -0.4 is 14.9 Å². The first-order valence-corrected chi connectivity index (χ1v) is 15.0. The zero-order valence-corrected chi connectivity index (χ0v) is 27.1. The molecule has 2 aromatic rings. The molecule has 0 radical (unpaired) electrons. The van der Waals surface area contributed by atoms with E-state index in [1.54, 1.807) is 31.4 Å². The van der Waals surface area contributed by atoms with Crippen molar-refractivity contribution < 1.29 is 56.8 Å². The van der Waals surface area contributed by atoms with Crippen molar-refractivity contribution in [2.24, 2.45) is 0 Å². The van der Waals surface area contributed by atoms with Gasteiger partial charge in [-0.3, -0.25) is 24.0 Å². The third-order valence-corrected chi connectivity index (χ3v) is 7.57. The number of esters is 4. The monoisotopic (exact) mass is 662 g/mol. The van der Waals surface area contributed by atoms with Crippen LogP contribution in [0.15, 0.2) is 63.8 Å². The summed E-state index contributed by atoms with van der Waals surface area (Å²) in [6.07, 6.45) is -6.78. The standard InChI is InChI=1S/C35H34O13/c1-17-13-23(41-6)8-11-25(17)31-26-10-7-22(40)14-28(26)47-29-15-24(9-12-27(29)31)46-35-34(45-21(5)39)33(44-20(4)38)32(43-19(3)37)30(48-35)16-42-18(2)36/h7-15,30,32-35H,16H2,1-6H3/t30?,32-,33+,34?,35+/m0/s1. The van der Waals surface area contributed by atoms with Gasteiger partial charge in [-0.05, 0) is 54.4 Å². The highest BCUT2D eigenvalue weighted by Gasteiger charge is 2.53. The van der Waals surface area contributed by atoms with E-state index in [0.717, 1.165) is 37.5 Å². The molecule has 2 heterocycles. The first-order chi connectivity index (χ1) is 22.8. The Kier molecular flexibility index (Phi) is 9.99.